The molecule has 0 spiro atoms. The molecule has 3 rings (SSSR count). The second-order valence-electron chi connectivity index (χ2n) is 5.61. The topological polar surface area (TPSA) is 80.9 Å². The highest BCUT2D eigenvalue weighted by molar-refractivity contribution is 5.92. The molecule has 0 radical (unpaired) electrons. The molecule has 140 valence electrons. The molecule has 1 heterocycles. The first kappa shape index (κ1) is 18.5. The van der Waals surface area contributed by atoms with Gasteiger partial charge in [-0.25, -0.2) is 4.39 Å². The molecule has 6 nitrogen and oxygen atoms in total. The highest BCUT2D eigenvalue weighted by Gasteiger charge is 2.13. The summed E-state index contributed by atoms with van der Waals surface area (Å²) >= 11 is 0. The average Bonchev–Trinajstić information content (AvgIpc) is 3.16. The fourth-order valence-corrected chi connectivity index (χ4v) is 2.48. The monoisotopic (exact) mass is 371 g/mol. The average molecular weight is 371 g/mol. The fourth-order valence-electron chi connectivity index (χ4n) is 2.48. The molecule has 1 amide bonds. The number of methoxy groups -OCH3 is 1. The predicted octanol–water partition coefficient (Wildman–Crippen LogP) is 3.60. The summed E-state index contributed by atoms with van der Waals surface area (Å²) in [6.07, 6.45) is 0. The molecule has 0 aliphatic rings. The minimum absolute atomic E-state index is 0.0121. The van der Waals surface area contributed by atoms with Crippen LogP contribution >= 0.6 is 0 Å². The van der Waals surface area contributed by atoms with Crippen LogP contribution < -0.4 is 14.8 Å². The van der Waals surface area contributed by atoms with Crippen LogP contribution in [0.5, 0.6) is 11.5 Å². The smallest absolute Gasteiger partial charge is 0.262 e. The van der Waals surface area contributed by atoms with Crippen LogP contribution in [0.15, 0.2) is 59.0 Å². The Morgan fingerprint density at radius 3 is 2.67 bits per heavy atom. The highest BCUT2D eigenvalue weighted by Crippen LogP contribution is 2.33. The van der Waals surface area contributed by atoms with E-state index in [1.807, 2.05) is 0 Å². The lowest BCUT2D eigenvalue weighted by atomic mass is 10.1. The molecule has 2 aromatic carbocycles. The molecule has 0 bridgehead atoms. The van der Waals surface area contributed by atoms with E-state index in [4.69, 9.17) is 19.0 Å². The van der Waals surface area contributed by atoms with Gasteiger partial charge in [-0.3, -0.25) is 4.79 Å². The van der Waals surface area contributed by atoms with E-state index in [1.165, 1.54) is 19.2 Å². The van der Waals surface area contributed by atoms with Gasteiger partial charge in [0.1, 0.15) is 23.9 Å². The van der Waals surface area contributed by atoms with Crippen LogP contribution in [0.1, 0.15) is 5.76 Å². The summed E-state index contributed by atoms with van der Waals surface area (Å²) in [7, 11) is 1.50. The van der Waals surface area contributed by atoms with E-state index in [0.29, 0.717) is 28.5 Å². The number of aliphatic hydroxyl groups excluding tert-OH is 1. The number of halogens is 1. The predicted molar refractivity (Wildman–Crippen MR) is 97.1 cm³/mol. The summed E-state index contributed by atoms with van der Waals surface area (Å²) in [6.45, 7) is -0.526. The van der Waals surface area contributed by atoms with Gasteiger partial charge in [-0.15, -0.1) is 0 Å². The maximum atomic E-state index is 13.5. The molecule has 0 aliphatic heterocycles. The van der Waals surface area contributed by atoms with Gasteiger partial charge in [0, 0.05) is 11.8 Å². The van der Waals surface area contributed by atoms with Gasteiger partial charge in [-0.2, -0.15) is 0 Å². The Morgan fingerprint density at radius 2 is 1.96 bits per heavy atom. The van der Waals surface area contributed by atoms with Crippen molar-refractivity contribution in [3.8, 4) is 22.8 Å². The third kappa shape index (κ3) is 4.45. The Bertz CT molecular complexity index is 938. The molecular formula is C20H18FNO5. The van der Waals surface area contributed by atoms with Crippen LogP contribution in [-0.4, -0.2) is 24.7 Å². The first-order chi connectivity index (χ1) is 13.1. The molecule has 0 saturated heterocycles. The molecule has 3 aromatic rings. The van der Waals surface area contributed by atoms with Crippen LogP contribution in [0.25, 0.3) is 11.3 Å². The van der Waals surface area contributed by atoms with E-state index in [-0.39, 0.29) is 19.0 Å². The SMILES string of the molecule is COc1cc(NC(=O)COc2ccccc2F)ccc1-c1ccc(CO)o1. The van der Waals surface area contributed by atoms with E-state index in [2.05, 4.69) is 5.32 Å². The van der Waals surface area contributed by atoms with Gasteiger partial charge < -0.3 is 24.3 Å². The van der Waals surface area contributed by atoms with Gasteiger partial charge in [-0.05, 0) is 36.4 Å². The summed E-state index contributed by atoms with van der Waals surface area (Å²) in [5.74, 6) is 0.511. The zero-order chi connectivity index (χ0) is 19.2. The number of amides is 1. The van der Waals surface area contributed by atoms with Gasteiger partial charge in [-0.1, -0.05) is 12.1 Å². The first-order valence-corrected chi connectivity index (χ1v) is 8.16. The number of ether oxygens (including phenoxy) is 2. The van der Waals surface area contributed by atoms with Crippen molar-refractivity contribution in [3.63, 3.8) is 0 Å². The first-order valence-electron chi connectivity index (χ1n) is 8.16. The zero-order valence-corrected chi connectivity index (χ0v) is 14.6. The molecule has 0 atom stereocenters. The second kappa shape index (κ2) is 8.37. The molecule has 0 fully saturated rings. The summed E-state index contributed by atoms with van der Waals surface area (Å²) in [5.41, 5.74) is 1.17. The number of nitrogens with one attached hydrogen (secondary N) is 1. The quantitative estimate of drug-likeness (QED) is 0.663. The Kier molecular flexibility index (Phi) is 5.73. The Labute approximate surface area is 155 Å². The second-order valence-corrected chi connectivity index (χ2v) is 5.61. The van der Waals surface area contributed by atoms with E-state index < -0.39 is 11.7 Å². The standard InChI is InChI=1S/C20H18FNO5/c1-25-19-10-13(6-8-15(19)17-9-7-14(11-23)27-17)22-20(24)12-26-18-5-3-2-4-16(18)21/h2-10,23H,11-12H2,1H3,(H,22,24). The van der Waals surface area contributed by atoms with Crippen molar-refractivity contribution in [1.82, 2.24) is 0 Å². The van der Waals surface area contributed by atoms with Crippen molar-refractivity contribution >= 4 is 11.6 Å². The number of carbonyl (C=O) groups is 1. The molecule has 0 unspecified atom stereocenters. The normalized spacial score (nSPS) is 10.5. The van der Waals surface area contributed by atoms with Gasteiger partial charge in [0.15, 0.2) is 18.2 Å². The van der Waals surface area contributed by atoms with E-state index >= 15 is 0 Å². The van der Waals surface area contributed by atoms with Gasteiger partial charge in [0.25, 0.3) is 5.91 Å². The van der Waals surface area contributed by atoms with E-state index in [1.54, 1.807) is 42.5 Å². The van der Waals surface area contributed by atoms with E-state index in [0.717, 1.165) is 0 Å². The summed E-state index contributed by atoms with van der Waals surface area (Å²) in [6, 6.07) is 14.3. The van der Waals surface area contributed by atoms with Crippen LogP contribution in [0, 0.1) is 5.82 Å². The number of benzene rings is 2. The van der Waals surface area contributed by atoms with Crippen molar-refractivity contribution in [1.29, 1.82) is 0 Å². The lowest BCUT2D eigenvalue weighted by molar-refractivity contribution is -0.118. The maximum absolute atomic E-state index is 13.5. The Morgan fingerprint density at radius 1 is 1.15 bits per heavy atom. The third-order valence-corrected chi connectivity index (χ3v) is 3.76. The van der Waals surface area contributed by atoms with Gasteiger partial charge >= 0.3 is 0 Å². The van der Waals surface area contributed by atoms with Crippen molar-refractivity contribution in [3.05, 3.63) is 66.2 Å². The zero-order valence-electron chi connectivity index (χ0n) is 14.6. The van der Waals surface area contributed by atoms with Crippen molar-refractivity contribution in [2.45, 2.75) is 6.61 Å². The molecule has 0 saturated carbocycles. The lowest BCUT2D eigenvalue weighted by Gasteiger charge is -2.11. The molecule has 0 aliphatic carbocycles. The third-order valence-electron chi connectivity index (χ3n) is 3.76. The number of carbonyl (C=O) groups excluding carboxylic acids is 1. The van der Waals surface area contributed by atoms with Crippen LogP contribution in [0.2, 0.25) is 0 Å². The maximum Gasteiger partial charge on any atom is 0.262 e. The van der Waals surface area contributed by atoms with Gasteiger partial charge in [0.2, 0.25) is 0 Å². The van der Waals surface area contributed by atoms with E-state index in [9.17, 15) is 9.18 Å². The molecular weight excluding hydrogens is 353 g/mol. The molecule has 27 heavy (non-hydrogen) atoms. The van der Waals surface area contributed by atoms with Crippen LogP contribution in [0.3, 0.4) is 0 Å². The number of anilines is 1. The van der Waals surface area contributed by atoms with Crippen molar-refractivity contribution in [2.24, 2.45) is 0 Å². The number of rotatable bonds is 7. The number of hydrogen-bond acceptors (Lipinski definition) is 5. The minimum atomic E-state index is -0.531. The number of furan rings is 1. The molecule has 2 N–H and O–H groups in total. The largest absolute Gasteiger partial charge is 0.496 e. The highest BCUT2D eigenvalue weighted by atomic mass is 19.1. The van der Waals surface area contributed by atoms with Crippen LogP contribution in [0.4, 0.5) is 10.1 Å². The summed E-state index contributed by atoms with van der Waals surface area (Å²) in [4.78, 5) is 12.0. The Balaban J connectivity index is 1.68. The minimum Gasteiger partial charge on any atom is -0.496 e. The number of hydrogen-bond donors (Lipinski definition) is 2. The van der Waals surface area contributed by atoms with Crippen molar-refractivity contribution < 1.29 is 28.2 Å². The number of aliphatic hydroxyl groups is 1. The molecule has 1 aromatic heterocycles. The summed E-state index contributed by atoms with van der Waals surface area (Å²) in [5, 5.41) is 11.8. The Hall–Kier alpha value is -3.32. The van der Waals surface area contributed by atoms with Crippen LogP contribution in [-0.2, 0) is 11.4 Å². The number of para-hydroxylation sites is 1. The summed E-state index contributed by atoms with van der Waals surface area (Å²) < 4.78 is 29.5. The lowest BCUT2D eigenvalue weighted by Crippen LogP contribution is -2.20. The fraction of sp³-hybridized carbons (Fsp3) is 0.150. The van der Waals surface area contributed by atoms with Gasteiger partial charge in [0.05, 0.1) is 12.7 Å². The van der Waals surface area contributed by atoms with Crippen molar-refractivity contribution in [2.75, 3.05) is 19.0 Å². The molecule has 7 heteroatoms.